The van der Waals surface area contributed by atoms with Crippen molar-refractivity contribution in [2.24, 2.45) is 5.92 Å². The quantitative estimate of drug-likeness (QED) is 0.707. The molecule has 2 N–H and O–H groups in total. The smallest absolute Gasteiger partial charge is 0.0230 e. The molecule has 1 saturated carbocycles. The molecule has 2 rings (SSSR count). The third-order valence-corrected chi connectivity index (χ3v) is 4.75. The van der Waals surface area contributed by atoms with Crippen molar-refractivity contribution in [1.82, 2.24) is 15.5 Å². The summed E-state index contributed by atoms with van der Waals surface area (Å²) < 4.78 is 0. The Morgan fingerprint density at radius 3 is 2.67 bits per heavy atom. The minimum Gasteiger partial charge on any atom is -0.317 e. The van der Waals surface area contributed by atoms with E-state index >= 15 is 0 Å². The molecule has 1 aliphatic heterocycles. The molecular weight excluding hydrogens is 222 g/mol. The highest BCUT2D eigenvalue weighted by molar-refractivity contribution is 4.77. The molecule has 3 nitrogen and oxygen atoms in total. The minimum absolute atomic E-state index is 0.737. The number of likely N-dealkylation sites (N-methyl/N-ethyl adjacent to an activating group) is 1. The van der Waals surface area contributed by atoms with Crippen LogP contribution in [0.3, 0.4) is 0 Å². The molecule has 0 bridgehead atoms. The van der Waals surface area contributed by atoms with Gasteiger partial charge in [-0.2, -0.15) is 0 Å². The van der Waals surface area contributed by atoms with Crippen LogP contribution in [0.25, 0.3) is 0 Å². The lowest BCUT2D eigenvalue weighted by Gasteiger charge is -2.33. The average Bonchev–Trinajstić information content (AvgIpc) is 2.42. The molecule has 2 aliphatic rings. The van der Waals surface area contributed by atoms with E-state index in [1.165, 1.54) is 71.1 Å². The van der Waals surface area contributed by atoms with Gasteiger partial charge in [0, 0.05) is 25.7 Å². The van der Waals surface area contributed by atoms with Gasteiger partial charge >= 0.3 is 0 Å². The SMILES string of the molecule is CN1CCNCC1CCNCCC1CCCCC1. The van der Waals surface area contributed by atoms with Gasteiger partial charge in [-0.25, -0.2) is 0 Å². The Bertz CT molecular complexity index is 214. The molecule has 0 aromatic rings. The Balaban J connectivity index is 1.47. The van der Waals surface area contributed by atoms with Crippen molar-refractivity contribution >= 4 is 0 Å². The van der Waals surface area contributed by atoms with E-state index in [0.717, 1.165) is 18.5 Å². The van der Waals surface area contributed by atoms with E-state index in [1.807, 2.05) is 0 Å². The molecule has 1 unspecified atom stereocenters. The fourth-order valence-corrected chi connectivity index (χ4v) is 3.36. The molecular formula is C15H31N3. The maximum Gasteiger partial charge on any atom is 0.0230 e. The topological polar surface area (TPSA) is 27.3 Å². The molecule has 1 aliphatic carbocycles. The van der Waals surface area contributed by atoms with Crippen molar-refractivity contribution in [3.8, 4) is 0 Å². The van der Waals surface area contributed by atoms with Crippen LogP contribution in [0.2, 0.25) is 0 Å². The van der Waals surface area contributed by atoms with Gasteiger partial charge in [-0.05, 0) is 38.9 Å². The summed E-state index contributed by atoms with van der Waals surface area (Å²) in [5, 5.41) is 7.13. The van der Waals surface area contributed by atoms with Crippen LogP contribution < -0.4 is 10.6 Å². The first-order valence-electron chi connectivity index (χ1n) is 7.98. The molecule has 0 aromatic heterocycles. The summed E-state index contributed by atoms with van der Waals surface area (Å²) in [7, 11) is 2.26. The summed E-state index contributed by atoms with van der Waals surface area (Å²) in [6, 6.07) is 0.737. The van der Waals surface area contributed by atoms with Crippen molar-refractivity contribution in [2.45, 2.75) is 51.0 Å². The molecule has 0 aromatic carbocycles. The normalized spacial score (nSPS) is 27.5. The first kappa shape index (κ1) is 14.3. The summed E-state index contributed by atoms with van der Waals surface area (Å²) in [4.78, 5) is 2.50. The largest absolute Gasteiger partial charge is 0.317 e. The summed E-state index contributed by atoms with van der Waals surface area (Å²) in [5.74, 6) is 1.02. The fraction of sp³-hybridized carbons (Fsp3) is 1.00. The lowest BCUT2D eigenvalue weighted by Crippen LogP contribution is -2.50. The molecule has 2 fully saturated rings. The fourth-order valence-electron chi connectivity index (χ4n) is 3.36. The summed E-state index contributed by atoms with van der Waals surface area (Å²) in [6.07, 6.45) is 10.1. The van der Waals surface area contributed by atoms with Crippen molar-refractivity contribution in [2.75, 3.05) is 39.8 Å². The van der Waals surface area contributed by atoms with Gasteiger partial charge < -0.3 is 15.5 Å². The molecule has 0 amide bonds. The van der Waals surface area contributed by atoms with Crippen LogP contribution in [-0.2, 0) is 0 Å². The maximum absolute atomic E-state index is 3.65. The highest BCUT2D eigenvalue weighted by Gasteiger charge is 2.17. The second-order valence-electron chi connectivity index (χ2n) is 6.17. The van der Waals surface area contributed by atoms with Crippen LogP contribution in [0.5, 0.6) is 0 Å². The number of piperazine rings is 1. The van der Waals surface area contributed by atoms with Gasteiger partial charge in [0.2, 0.25) is 0 Å². The lowest BCUT2D eigenvalue weighted by molar-refractivity contribution is 0.189. The number of hydrogen-bond acceptors (Lipinski definition) is 3. The van der Waals surface area contributed by atoms with Crippen LogP contribution in [0, 0.1) is 5.92 Å². The predicted octanol–water partition coefficient (Wildman–Crippen LogP) is 1.84. The number of rotatable bonds is 6. The van der Waals surface area contributed by atoms with Gasteiger partial charge in [0.1, 0.15) is 0 Å². The van der Waals surface area contributed by atoms with Gasteiger partial charge in [-0.15, -0.1) is 0 Å². The molecule has 1 atom stereocenters. The first-order chi connectivity index (χ1) is 8.86. The van der Waals surface area contributed by atoms with Crippen LogP contribution in [-0.4, -0.2) is 50.7 Å². The minimum atomic E-state index is 0.737. The number of nitrogens with one attached hydrogen (secondary N) is 2. The first-order valence-corrected chi connectivity index (χ1v) is 7.98. The predicted molar refractivity (Wildman–Crippen MR) is 78.0 cm³/mol. The summed E-state index contributed by atoms with van der Waals surface area (Å²) in [5.41, 5.74) is 0. The standard InChI is InChI=1S/C15H31N3/c1-18-12-11-17-13-15(18)8-10-16-9-7-14-5-3-2-4-6-14/h14-17H,2-13H2,1H3. The van der Waals surface area contributed by atoms with Gasteiger partial charge in [0.05, 0.1) is 0 Å². The zero-order valence-corrected chi connectivity index (χ0v) is 12.1. The Morgan fingerprint density at radius 2 is 1.89 bits per heavy atom. The Hall–Kier alpha value is -0.120. The Labute approximate surface area is 113 Å². The van der Waals surface area contributed by atoms with Gasteiger partial charge in [-0.3, -0.25) is 0 Å². The number of hydrogen-bond donors (Lipinski definition) is 2. The maximum atomic E-state index is 3.65. The third kappa shape index (κ3) is 4.87. The van der Waals surface area contributed by atoms with E-state index in [0.29, 0.717) is 0 Å². The van der Waals surface area contributed by atoms with Crippen LogP contribution in [0.4, 0.5) is 0 Å². The van der Waals surface area contributed by atoms with E-state index in [9.17, 15) is 0 Å². The molecule has 106 valence electrons. The van der Waals surface area contributed by atoms with E-state index in [1.54, 1.807) is 0 Å². The zero-order chi connectivity index (χ0) is 12.6. The van der Waals surface area contributed by atoms with Gasteiger partial charge in [-0.1, -0.05) is 32.1 Å². The highest BCUT2D eigenvalue weighted by atomic mass is 15.2. The Morgan fingerprint density at radius 1 is 1.11 bits per heavy atom. The third-order valence-electron chi connectivity index (χ3n) is 4.75. The van der Waals surface area contributed by atoms with Crippen LogP contribution >= 0.6 is 0 Å². The van der Waals surface area contributed by atoms with Gasteiger partial charge in [0.25, 0.3) is 0 Å². The van der Waals surface area contributed by atoms with Crippen molar-refractivity contribution in [1.29, 1.82) is 0 Å². The molecule has 0 spiro atoms. The van der Waals surface area contributed by atoms with Crippen molar-refractivity contribution in [3.63, 3.8) is 0 Å². The molecule has 1 saturated heterocycles. The van der Waals surface area contributed by atoms with Crippen molar-refractivity contribution in [3.05, 3.63) is 0 Å². The van der Waals surface area contributed by atoms with E-state index in [4.69, 9.17) is 0 Å². The van der Waals surface area contributed by atoms with Crippen LogP contribution in [0.15, 0.2) is 0 Å². The lowest BCUT2D eigenvalue weighted by atomic mass is 9.87. The summed E-state index contributed by atoms with van der Waals surface area (Å²) >= 11 is 0. The molecule has 18 heavy (non-hydrogen) atoms. The highest BCUT2D eigenvalue weighted by Crippen LogP contribution is 2.25. The molecule has 3 heteroatoms. The van der Waals surface area contributed by atoms with Crippen LogP contribution in [0.1, 0.15) is 44.9 Å². The van der Waals surface area contributed by atoms with Crippen molar-refractivity contribution < 1.29 is 0 Å². The van der Waals surface area contributed by atoms with E-state index in [-0.39, 0.29) is 0 Å². The zero-order valence-electron chi connectivity index (χ0n) is 12.1. The van der Waals surface area contributed by atoms with E-state index in [2.05, 4.69) is 22.6 Å². The second kappa shape index (κ2) is 8.13. The molecule has 1 heterocycles. The second-order valence-corrected chi connectivity index (χ2v) is 6.17. The monoisotopic (exact) mass is 253 g/mol. The molecule has 0 radical (unpaired) electrons. The number of nitrogens with zero attached hydrogens (tertiary/aromatic N) is 1. The van der Waals surface area contributed by atoms with E-state index < -0.39 is 0 Å². The average molecular weight is 253 g/mol. The van der Waals surface area contributed by atoms with Gasteiger partial charge in [0.15, 0.2) is 0 Å². The Kier molecular flexibility index (Phi) is 6.46. The summed E-state index contributed by atoms with van der Waals surface area (Å²) in [6.45, 7) is 5.94.